The lowest BCUT2D eigenvalue weighted by atomic mass is 9.71. The molecule has 28 nitrogen and oxygen atoms in total. The number of phenolic OH excluding ortho intramolecular Hbond substituents is 6. The Bertz CT molecular complexity index is 4920. The van der Waals surface area contributed by atoms with E-state index in [1.54, 1.807) is 45.0 Å². The Kier molecular flexibility index (Phi) is 18.8. The maximum atomic E-state index is 14.7. The zero-order chi connectivity index (χ0) is 75.2. The highest BCUT2D eigenvalue weighted by molar-refractivity contribution is 7.99. The fourth-order valence-electron chi connectivity index (χ4n) is 19.7. The Morgan fingerprint density at radius 3 is 1.40 bits per heavy atom. The summed E-state index contributed by atoms with van der Waals surface area (Å²) in [6.07, 6.45) is 0.848. The van der Waals surface area contributed by atoms with Crippen LogP contribution in [0.3, 0.4) is 0 Å². The number of methoxy groups -OCH3 is 2. The first-order valence-corrected chi connectivity index (χ1v) is 37.7. The molecule has 14 aliphatic heterocycles. The number of ether oxygens (including phenoxy) is 10. The minimum atomic E-state index is -1.38. The first-order chi connectivity index (χ1) is 51.3. The lowest BCUT2D eigenvalue weighted by Crippen LogP contribution is -2.70. The van der Waals surface area contributed by atoms with Gasteiger partial charge in [0, 0.05) is 101 Å². The molecule has 9 N–H and O–H groups in total. The Balaban J connectivity index is 0.000000170. The Labute approximate surface area is 637 Å². The number of nitrogens with one attached hydrogen (secondary N) is 2. The molecule has 0 radical (unpaired) electrons. The molecule has 6 aromatic carbocycles. The number of aliphatic hydroxyl groups excluding tert-OH is 1. The molecule has 4 fully saturated rings. The number of aromatic hydroxyl groups is 6. The number of hydrogen-bond donors (Lipinski definition) is 9. The molecule has 0 saturated carbocycles. The summed E-state index contributed by atoms with van der Waals surface area (Å²) in [5.41, 5.74) is 7.51. The normalized spacial score (nSPS) is 29.0. The van der Waals surface area contributed by atoms with E-state index in [0.29, 0.717) is 140 Å². The van der Waals surface area contributed by atoms with Gasteiger partial charge in [0.25, 0.3) is 0 Å². The van der Waals surface area contributed by atoms with Crippen LogP contribution < -0.4 is 48.5 Å². The van der Waals surface area contributed by atoms with Crippen LogP contribution in [0.2, 0.25) is 0 Å². The number of hydrogen-bond acceptors (Lipinski definition) is 30. The quantitative estimate of drug-likeness (QED) is 0.0457. The summed E-state index contributed by atoms with van der Waals surface area (Å²) in [7, 11) is 6.75. The molecule has 0 amide bonds. The number of carbonyl (C=O) groups excluding carboxylic acids is 4. The highest BCUT2D eigenvalue weighted by atomic mass is 32.2. The lowest BCUT2D eigenvalue weighted by Gasteiger charge is -2.62. The van der Waals surface area contributed by atoms with Gasteiger partial charge in [0.2, 0.25) is 13.6 Å². The maximum Gasteiger partial charge on any atom is 0.331 e. The van der Waals surface area contributed by atoms with Crippen LogP contribution in [-0.4, -0.2) is 195 Å². The van der Waals surface area contributed by atoms with E-state index in [1.165, 1.54) is 51.6 Å². The van der Waals surface area contributed by atoms with Crippen molar-refractivity contribution in [2.24, 2.45) is 0 Å². The second-order valence-corrected chi connectivity index (χ2v) is 31.9. The van der Waals surface area contributed by atoms with Crippen LogP contribution >= 0.6 is 23.5 Å². The van der Waals surface area contributed by atoms with Gasteiger partial charge in [-0.1, -0.05) is 27.0 Å². The molecule has 20 rings (SSSR count). The summed E-state index contributed by atoms with van der Waals surface area (Å²) >= 11 is 2.87. The number of thioether (sulfide) groups is 2. The number of nitriles is 1. The lowest BCUT2D eigenvalue weighted by molar-refractivity contribution is -0.186. The van der Waals surface area contributed by atoms with Gasteiger partial charge in [-0.05, 0) is 136 Å². The van der Waals surface area contributed by atoms with Crippen molar-refractivity contribution >= 4 is 47.4 Å². The number of piperazine rings is 2. The van der Waals surface area contributed by atoms with Crippen molar-refractivity contribution in [2.45, 2.75) is 164 Å². The number of fused-ring (bicyclic) bond motifs is 18. The van der Waals surface area contributed by atoms with Gasteiger partial charge in [-0.3, -0.25) is 39.8 Å². The summed E-state index contributed by atoms with van der Waals surface area (Å²) in [5, 5.41) is 96.3. The fourth-order valence-corrected chi connectivity index (χ4v) is 23.1. The van der Waals surface area contributed by atoms with Crippen molar-refractivity contribution in [1.29, 1.82) is 5.26 Å². The second-order valence-electron chi connectivity index (χ2n) is 29.7. The molecule has 4 saturated heterocycles. The van der Waals surface area contributed by atoms with Gasteiger partial charge in [-0.25, -0.2) is 9.59 Å². The van der Waals surface area contributed by atoms with Gasteiger partial charge < -0.3 is 83.1 Å². The van der Waals surface area contributed by atoms with Gasteiger partial charge >= 0.3 is 23.9 Å². The van der Waals surface area contributed by atoms with Gasteiger partial charge in [0.05, 0.1) is 61.0 Å². The molecular weight excluding hydrogens is 1450 g/mol. The molecule has 2 spiro atoms. The molecule has 6 aromatic rings. The van der Waals surface area contributed by atoms with Gasteiger partial charge in [0.1, 0.15) is 37.0 Å². The molecule has 14 aliphatic rings. The summed E-state index contributed by atoms with van der Waals surface area (Å²) in [5.74, 6) is -0.0781. The number of aliphatic hydroxyl groups is 1. The molecular formula is C79H89N7O21S2. The summed E-state index contributed by atoms with van der Waals surface area (Å²) in [6, 6.07) is 7.55. The van der Waals surface area contributed by atoms with Crippen molar-refractivity contribution in [3.63, 3.8) is 0 Å². The SMILES string of the molecule is C.C.COc1cc2c(cc1O)CCN[C@]21CS[C@@H]2c3c(OC(C)=O)c(C)c4c(c3[C@H](COC1=O)N1C2[C@H]2c3c(cc(C)c(O)c3O)C[C@@H]([C@@H]1C#N)N2C)OCO4.COc1cc2c(cc1O)CCN[C@]21CS[C@@H]2c3c(OC(C)=O)c(C)c4c(c3[C@H](COC1=O)N1C2[C@H]2c3c(cc(C)c(O)c3O)C[C@@H]([C@@H]1O)N2C)OCO4. The second kappa shape index (κ2) is 27.3. The van der Waals surface area contributed by atoms with Crippen molar-refractivity contribution in [2.75, 3.05) is 79.7 Å². The van der Waals surface area contributed by atoms with Gasteiger partial charge in [0.15, 0.2) is 80.1 Å². The number of aryl methyl sites for hydroxylation is 2. The van der Waals surface area contributed by atoms with E-state index in [0.717, 1.165) is 22.3 Å². The molecule has 14 atom stereocenters. The molecule has 8 bridgehead atoms. The molecule has 0 aromatic heterocycles. The number of likely N-dealkylation sites (N-methyl/N-ethyl adjacent to an activating group) is 2. The third-order valence-corrected chi connectivity index (χ3v) is 27.3. The third-order valence-electron chi connectivity index (χ3n) is 24.3. The predicted octanol–water partition coefficient (Wildman–Crippen LogP) is 8.07. The first kappa shape index (κ1) is 75.1. The Morgan fingerprint density at radius 2 is 0.972 bits per heavy atom. The smallest absolute Gasteiger partial charge is 0.331 e. The van der Waals surface area contributed by atoms with Crippen LogP contribution in [0.1, 0.15) is 152 Å². The molecule has 30 heteroatoms. The van der Waals surface area contributed by atoms with Crippen LogP contribution in [0, 0.1) is 39.0 Å². The number of nitrogens with zero attached hydrogens (tertiary/aromatic N) is 5. The minimum Gasteiger partial charge on any atom is -0.504 e. The van der Waals surface area contributed by atoms with Crippen LogP contribution in [0.15, 0.2) is 36.4 Å². The summed E-state index contributed by atoms with van der Waals surface area (Å²) in [4.78, 5) is 63.3. The monoisotopic (exact) mass is 1540 g/mol. The number of esters is 4. The largest absolute Gasteiger partial charge is 0.504 e. The number of benzene rings is 6. The van der Waals surface area contributed by atoms with E-state index >= 15 is 0 Å². The van der Waals surface area contributed by atoms with Crippen LogP contribution in [0.25, 0.3) is 0 Å². The Morgan fingerprint density at radius 1 is 0.560 bits per heavy atom. The number of phenols is 6. The van der Waals surface area contributed by atoms with E-state index in [-0.39, 0.29) is 105 Å². The van der Waals surface area contributed by atoms with E-state index in [9.17, 15) is 60.2 Å². The minimum absolute atomic E-state index is 0. The highest BCUT2D eigenvalue weighted by Gasteiger charge is 2.65. The average molecular weight is 1540 g/mol. The molecule has 2 unspecified atom stereocenters. The van der Waals surface area contributed by atoms with Crippen LogP contribution in [0.4, 0.5) is 0 Å². The van der Waals surface area contributed by atoms with Crippen molar-refractivity contribution in [3.8, 4) is 86.6 Å². The first-order valence-electron chi connectivity index (χ1n) is 35.6. The van der Waals surface area contributed by atoms with Gasteiger partial charge in [-0.2, -0.15) is 5.26 Å². The standard InChI is InChI=1S/C39H40N4O10S.C38H41N3O11S.2CH4/c1-16-8-20-9-22-23(12-40)43-24-13-50-38(48)39(21-11-26(49-5)25(45)10-19(21)6-7-41-39)14-54-37(31(43)30(42(22)4)27(20)33(47)32(16)46)29-28(24)36-35(51-15-52-36)17(2)34(29)53-18(3)44;1-15-8-19-9-21-36(46)41-22-12-49-37(47)38(20-11-24(48-5)23(43)10-18(20)6-7-39-38)13-53-35(29(41)28(40(21)4)25(19)31(45)30(15)44)27-26(22)34-33(50-14-51-34)16(2)32(27)52-17(3)42;;/h8,10-11,22-24,30-31,37,41,45-47H,6-7,9,13-15H2,1-5H3;8,10-11,21-22,28-29,35-36,39,43-46H,6-7,9,12-14H2,1-5H3;2*1H4/t22-,23-,24-,30+,31?,37+,39+;21-,22-,28+,29?,35+,36-,38+;;/m00../s1. The van der Waals surface area contributed by atoms with E-state index in [2.05, 4.69) is 31.4 Å². The predicted molar refractivity (Wildman–Crippen MR) is 396 cm³/mol. The summed E-state index contributed by atoms with van der Waals surface area (Å²) in [6.45, 7) is 10.0. The highest BCUT2D eigenvalue weighted by Crippen LogP contribution is 2.68. The molecule has 109 heavy (non-hydrogen) atoms. The van der Waals surface area contributed by atoms with Crippen molar-refractivity contribution < 1.29 is 102 Å². The van der Waals surface area contributed by atoms with Crippen LogP contribution in [-0.2, 0) is 65.4 Å². The average Bonchev–Trinajstić information content (AvgIpc) is 1.48. The molecule has 578 valence electrons. The van der Waals surface area contributed by atoms with Gasteiger partial charge in [-0.15, -0.1) is 23.5 Å². The van der Waals surface area contributed by atoms with Crippen molar-refractivity contribution in [1.82, 2.24) is 30.2 Å². The zero-order valence-corrected chi connectivity index (χ0v) is 61.9. The fraction of sp³-hybridized carbons (Fsp3) is 0.481. The maximum absolute atomic E-state index is 14.7. The molecule has 14 heterocycles. The molecule has 0 aliphatic carbocycles. The van der Waals surface area contributed by atoms with E-state index < -0.39 is 100 Å². The van der Waals surface area contributed by atoms with E-state index in [4.69, 9.17) is 47.4 Å². The van der Waals surface area contributed by atoms with E-state index in [1.807, 2.05) is 38.1 Å². The number of rotatable bonds is 4. The number of carbonyl (C=O) groups is 4. The third kappa shape index (κ3) is 10.8. The van der Waals surface area contributed by atoms with Crippen LogP contribution in [0.5, 0.6) is 80.5 Å². The van der Waals surface area contributed by atoms with Crippen molar-refractivity contribution in [3.05, 3.63) is 125 Å². The zero-order valence-electron chi connectivity index (χ0n) is 60.3. The summed E-state index contributed by atoms with van der Waals surface area (Å²) < 4.78 is 60.2. The Hall–Kier alpha value is -9.29. The topological polar surface area (TPSA) is 363 Å².